The van der Waals surface area contributed by atoms with Crippen molar-refractivity contribution < 1.29 is 9.85 Å². The SMILES string of the molecule is O=[N+]([O-])c1ccc(Sc2cc[nH]c2)c([N+](=O)[O-])c1. The maximum atomic E-state index is 10.9. The lowest BCUT2D eigenvalue weighted by atomic mass is 10.3. The van der Waals surface area contributed by atoms with Gasteiger partial charge in [-0.25, -0.2) is 0 Å². The molecule has 1 N–H and O–H groups in total. The van der Waals surface area contributed by atoms with Crippen LogP contribution in [0.1, 0.15) is 0 Å². The summed E-state index contributed by atoms with van der Waals surface area (Å²) in [6.45, 7) is 0. The Bertz CT molecular complexity index is 597. The van der Waals surface area contributed by atoms with Crippen LogP contribution >= 0.6 is 11.8 Å². The molecule has 0 spiro atoms. The minimum Gasteiger partial charge on any atom is -0.367 e. The van der Waals surface area contributed by atoms with E-state index < -0.39 is 9.85 Å². The van der Waals surface area contributed by atoms with Crippen molar-refractivity contribution >= 4 is 23.1 Å². The highest BCUT2D eigenvalue weighted by Crippen LogP contribution is 2.36. The van der Waals surface area contributed by atoms with E-state index in [1.54, 1.807) is 18.5 Å². The van der Waals surface area contributed by atoms with Gasteiger partial charge in [-0.2, -0.15) is 0 Å². The normalized spacial score (nSPS) is 10.2. The number of nitro groups is 2. The molecule has 0 atom stereocenters. The molecule has 92 valence electrons. The molecule has 8 heteroatoms. The molecule has 0 fully saturated rings. The van der Waals surface area contributed by atoms with Crippen molar-refractivity contribution in [2.75, 3.05) is 0 Å². The van der Waals surface area contributed by atoms with E-state index in [9.17, 15) is 20.2 Å². The van der Waals surface area contributed by atoms with Crippen molar-refractivity contribution in [3.8, 4) is 0 Å². The van der Waals surface area contributed by atoms with Gasteiger partial charge < -0.3 is 4.98 Å². The van der Waals surface area contributed by atoms with Crippen LogP contribution in [0, 0.1) is 20.2 Å². The lowest BCUT2D eigenvalue weighted by Gasteiger charge is -2.00. The summed E-state index contributed by atoms with van der Waals surface area (Å²) in [7, 11) is 0. The molecular formula is C10H7N3O4S. The Morgan fingerprint density at radius 3 is 2.44 bits per heavy atom. The summed E-state index contributed by atoms with van der Waals surface area (Å²) in [5, 5.41) is 21.5. The molecule has 0 saturated carbocycles. The van der Waals surface area contributed by atoms with E-state index in [0.29, 0.717) is 4.90 Å². The Labute approximate surface area is 105 Å². The van der Waals surface area contributed by atoms with E-state index in [1.165, 1.54) is 23.9 Å². The van der Waals surface area contributed by atoms with Crippen LogP contribution in [0.15, 0.2) is 46.5 Å². The Kier molecular flexibility index (Phi) is 3.28. The summed E-state index contributed by atoms with van der Waals surface area (Å²) in [5.41, 5.74) is -0.560. The molecule has 2 rings (SSSR count). The minimum absolute atomic E-state index is 0.268. The molecule has 0 amide bonds. The summed E-state index contributed by atoms with van der Waals surface area (Å²) < 4.78 is 0. The van der Waals surface area contributed by atoms with Crippen molar-refractivity contribution in [2.24, 2.45) is 0 Å². The number of H-pyrrole nitrogens is 1. The number of nitro benzene ring substituents is 2. The summed E-state index contributed by atoms with van der Waals surface area (Å²) >= 11 is 1.17. The van der Waals surface area contributed by atoms with Gasteiger partial charge in [0.1, 0.15) is 0 Å². The number of aromatic nitrogens is 1. The van der Waals surface area contributed by atoms with E-state index in [-0.39, 0.29) is 11.4 Å². The predicted molar refractivity (Wildman–Crippen MR) is 64.7 cm³/mol. The first kappa shape index (κ1) is 12.1. The van der Waals surface area contributed by atoms with Gasteiger partial charge in [-0.15, -0.1) is 0 Å². The molecule has 0 bridgehead atoms. The smallest absolute Gasteiger partial charge is 0.290 e. The molecule has 7 nitrogen and oxygen atoms in total. The van der Waals surface area contributed by atoms with Crippen LogP contribution < -0.4 is 0 Å². The van der Waals surface area contributed by atoms with Crippen molar-refractivity contribution in [2.45, 2.75) is 9.79 Å². The molecule has 18 heavy (non-hydrogen) atoms. The van der Waals surface area contributed by atoms with Gasteiger partial charge in [0.25, 0.3) is 11.4 Å². The molecule has 0 saturated heterocycles. The standard InChI is InChI=1S/C10H7N3O4S/c14-12(15)7-1-2-10(9(5-7)13(16)17)18-8-3-4-11-6-8/h1-6,11H. The van der Waals surface area contributed by atoms with Gasteiger partial charge in [-0.1, -0.05) is 11.8 Å². The Morgan fingerprint density at radius 1 is 1.11 bits per heavy atom. The van der Waals surface area contributed by atoms with Crippen molar-refractivity contribution in [3.63, 3.8) is 0 Å². The van der Waals surface area contributed by atoms with Gasteiger partial charge in [0.05, 0.1) is 20.8 Å². The highest BCUT2D eigenvalue weighted by atomic mass is 32.2. The van der Waals surface area contributed by atoms with E-state index >= 15 is 0 Å². The van der Waals surface area contributed by atoms with Crippen LogP contribution in [0.5, 0.6) is 0 Å². The molecule has 0 aliphatic rings. The van der Waals surface area contributed by atoms with Crippen LogP contribution in [-0.4, -0.2) is 14.8 Å². The molecular weight excluding hydrogens is 258 g/mol. The van der Waals surface area contributed by atoms with Crippen molar-refractivity contribution in [3.05, 3.63) is 56.9 Å². The molecule has 1 aromatic carbocycles. The lowest BCUT2D eigenvalue weighted by molar-refractivity contribution is -0.396. The van der Waals surface area contributed by atoms with Crippen molar-refractivity contribution in [1.29, 1.82) is 0 Å². The Morgan fingerprint density at radius 2 is 1.89 bits per heavy atom. The van der Waals surface area contributed by atoms with Gasteiger partial charge in [-0.3, -0.25) is 20.2 Å². The predicted octanol–water partition coefficient (Wildman–Crippen LogP) is 2.98. The first-order valence-electron chi connectivity index (χ1n) is 4.81. The fraction of sp³-hybridized carbons (Fsp3) is 0. The molecule has 0 aliphatic carbocycles. The second kappa shape index (κ2) is 4.88. The van der Waals surface area contributed by atoms with Crippen LogP contribution in [0.4, 0.5) is 11.4 Å². The second-order valence-electron chi connectivity index (χ2n) is 3.32. The fourth-order valence-corrected chi connectivity index (χ4v) is 2.24. The largest absolute Gasteiger partial charge is 0.367 e. The maximum Gasteiger partial charge on any atom is 0.290 e. The maximum absolute atomic E-state index is 10.9. The van der Waals surface area contributed by atoms with Crippen LogP contribution in [0.3, 0.4) is 0 Å². The van der Waals surface area contributed by atoms with Gasteiger partial charge in [0.2, 0.25) is 0 Å². The van der Waals surface area contributed by atoms with E-state index in [2.05, 4.69) is 4.98 Å². The highest BCUT2D eigenvalue weighted by molar-refractivity contribution is 7.99. The van der Waals surface area contributed by atoms with Gasteiger partial charge in [0.15, 0.2) is 0 Å². The first-order chi connectivity index (χ1) is 8.58. The van der Waals surface area contributed by atoms with Crippen LogP contribution in [0.2, 0.25) is 0 Å². The molecule has 1 heterocycles. The third-order valence-electron chi connectivity index (χ3n) is 2.15. The quantitative estimate of drug-likeness (QED) is 0.676. The van der Waals surface area contributed by atoms with Crippen LogP contribution in [-0.2, 0) is 0 Å². The Hall–Kier alpha value is -2.35. The third kappa shape index (κ3) is 2.48. The average molecular weight is 265 g/mol. The third-order valence-corrected chi connectivity index (χ3v) is 3.20. The first-order valence-corrected chi connectivity index (χ1v) is 5.63. The molecule has 1 aromatic heterocycles. The topological polar surface area (TPSA) is 102 Å². The number of rotatable bonds is 4. The highest BCUT2D eigenvalue weighted by Gasteiger charge is 2.20. The van der Waals surface area contributed by atoms with Gasteiger partial charge >= 0.3 is 0 Å². The number of hydrogen-bond acceptors (Lipinski definition) is 5. The van der Waals surface area contributed by atoms with E-state index in [4.69, 9.17) is 0 Å². The number of non-ortho nitro benzene ring substituents is 1. The van der Waals surface area contributed by atoms with Gasteiger partial charge in [0, 0.05) is 23.4 Å². The second-order valence-corrected chi connectivity index (χ2v) is 4.43. The number of hydrogen-bond donors (Lipinski definition) is 1. The zero-order chi connectivity index (χ0) is 13.1. The monoisotopic (exact) mass is 265 g/mol. The average Bonchev–Trinajstić information content (AvgIpc) is 2.81. The zero-order valence-corrected chi connectivity index (χ0v) is 9.72. The molecule has 2 aromatic rings. The van der Waals surface area contributed by atoms with Crippen molar-refractivity contribution in [1.82, 2.24) is 4.98 Å². The minimum atomic E-state index is -0.655. The summed E-state index contributed by atoms with van der Waals surface area (Å²) in [6, 6.07) is 5.36. The van der Waals surface area contributed by atoms with Gasteiger partial charge in [-0.05, 0) is 12.1 Å². The molecule has 0 radical (unpaired) electrons. The summed E-state index contributed by atoms with van der Waals surface area (Å²) in [4.78, 5) is 24.2. The molecule has 0 aliphatic heterocycles. The summed E-state index contributed by atoms with van der Waals surface area (Å²) in [6.07, 6.45) is 3.38. The fourth-order valence-electron chi connectivity index (χ4n) is 1.35. The number of nitrogens with one attached hydrogen (secondary N) is 1. The zero-order valence-electron chi connectivity index (χ0n) is 8.90. The number of benzene rings is 1. The molecule has 0 unspecified atom stereocenters. The Balaban J connectivity index is 2.40. The van der Waals surface area contributed by atoms with E-state index in [0.717, 1.165) is 11.0 Å². The van der Waals surface area contributed by atoms with Crippen LogP contribution in [0.25, 0.3) is 0 Å². The number of nitrogens with zero attached hydrogens (tertiary/aromatic N) is 2. The number of aromatic amines is 1. The summed E-state index contributed by atoms with van der Waals surface area (Å²) in [5.74, 6) is 0. The van der Waals surface area contributed by atoms with E-state index in [1.807, 2.05) is 0 Å². The lowest BCUT2D eigenvalue weighted by Crippen LogP contribution is -1.94.